The van der Waals surface area contributed by atoms with Crippen molar-refractivity contribution in [3.63, 3.8) is 0 Å². The fourth-order valence-corrected chi connectivity index (χ4v) is 1.64. The van der Waals surface area contributed by atoms with Gasteiger partial charge in [0.1, 0.15) is 0 Å². The maximum atomic E-state index is 11.7. The second-order valence-electron chi connectivity index (χ2n) is 4.11. The molecule has 0 spiro atoms. The van der Waals surface area contributed by atoms with Crippen LogP contribution in [-0.4, -0.2) is 35.3 Å². The van der Waals surface area contributed by atoms with Gasteiger partial charge in [-0.25, -0.2) is 0 Å². The Bertz CT molecular complexity index is 355. The highest BCUT2D eigenvalue weighted by Gasteiger charge is 2.30. The molecule has 0 bridgehead atoms. The molecule has 1 saturated carbocycles. The molecule has 0 atom stereocenters. The van der Waals surface area contributed by atoms with Crippen LogP contribution in [0.1, 0.15) is 23.2 Å². The van der Waals surface area contributed by atoms with E-state index in [1.165, 1.54) is 0 Å². The lowest BCUT2D eigenvalue weighted by Gasteiger charge is -2.03. The van der Waals surface area contributed by atoms with Gasteiger partial charge in [0.05, 0.1) is 19.8 Å². The number of Topliss-reactive ketones (excluding diaryl/α,β-unsaturated/α-hetero) is 1. The zero-order chi connectivity index (χ0) is 11.4. The zero-order valence-corrected chi connectivity index (χ0v) is 9.26. The Kier molecular flexibility index (Phi) is 3.74. The van der Waals surface area contributed by atoms with Crippen LogP contribution < -0.4 is 0 Å². The molecule has 0 aromatic carbocycles. The predicted molar refractivity (Wildman–Crippen MR) is 59.4 cm³/mol. The molecule has 0 saturated heterocycles. The van der Waals surface area contributed by atoms with Crippen LogP contribution in [0, 0.1) is 5.92 Å². The van der Waals surface area contributed by atoms with Gasteiger partial charge in [0, 0.05) is 30.4 Å². The molecule has 16 heavy (non-hydrogen) atoms. The highest BCUT2D eigenvalue weighted by atomic mass is 16.5. The molecule has 2 rings (SSSR count). The first-order valence-electron chi connectivity index (χ1n) is 5.70. The van der Waals surface area contributed by atoms with Gasteiger partial charge in [0.15, 0.2) is 5.78 Å². The molecule has 1 heterocycles. The summed E-state index contributed by atoms with van der Waals surface area (Å²) in [5.74, 6) is 0.552. The molecule has 1 aliphatic rings. The lowest BCUT2D eigenvalue weighted by atomic mass is 10.1. The highest BCUT2D eigenvalue weighted by Crippen LogP contribution is 2.32. The largest absolute Gasteiger partial charge is 0.394 e. The van der Waals surface area contributed by atoms with Crippen LogP contribution in [0.25, 0.3) is 0 Å². The summed E-state index contributed by atoms with van der Waals surface area (Å²) in [5.41, 5.74) is 0.810. The molecular weight excluding hydrogens is 206 g/mol. The number of carbonyl (C=O) groups excluding carboxylic acids is 1. The minimum atomic E-state index is 0.0527. The van der Waals surface area contributed by atoms with Crippen molar-refractivity contribution in [1.82, 2.24) is 4.57 Å². The van der Waals surface area contributed by atoms with E-state index in [1.54, 1.807) is 0 Å². The molecule has 1 fully saturated rings. The van der Waals surface area contributed by atoms with E-state index in [9.17, 15) is 4.79 Å². The first-order valence-corrected chi connectivity index (χ1v) is 5.70. The molecule has 0 aliphatic heterocycles. The van der Waals surface area contributed by atoms with E-state index in [2.05, 4.69) is 0 Å². The Morgan fingerprint density at radius 1 is 1.50 bits per heavy atom. The number of ketones is 1. The fraction of sp³-hybridized carbons (Fsp3) is 0.583. The number of ether oxygens (including phenoxy) is 1. The van der Waals surface area contributed by atoms with Crippen molar-refractivity contribution in [2.75, 3.05) is 19.8 Å². The van der Waals surface area contributed by atoms with E-state index in [0.717, 1.165) is 24.9 Å². The van der Waals surface area contributed by atoms with Crippen LogP contribution in [-0.2, 0) is 11.3 Å². The number of aliphatic hydroxyl groups excluding tert-OH is 1. The van der Waals surface area contributed by atoms with E-state index >= 15 is 0 Å². The zero-order valence-electron chi connectivity index (χ0n) is 9.26. The number of aromatic nitrogens is 1. The van der Waals surface area contributed by atoms with Crippen LogP contribution in [0.4, 0.5) is 0 Å². The van der Waals surface area contributed by atoms with E-state index in [-0.39, 0.29) is 18.3 Å². The topological polar surface area (TPSA) is 51.5 Å². The first-order chi connectivity index (χ1) is 7.81. The number of aliphatic hydroxyl groups is 1. The third-order valence-corrected chi connectivity index (χ3v) is 2.71. The summed E-state index contributed by atoms with van der Waals surface area (Å²) >= 11 is 0. The summed E-state index contributed by atoms with van der Waals surface area (Å²) in [6.45, 7) is 1.70. The van der Waals surface area contributed by atoms with Crippen LogP contribution in [0.5, 0.6) is 0 Å². The Balaban J connectivity index is 1.80. The van der Waals surface area contributed by atoms with Crippen LogP contribution in [0.15, 0.2) is 18.5 Å². The molecule has 88 valence electrons. The van der Waals surface area contributed by atoms with Gasteiger partial charge < -0.3 is 14.4 Å². The minimum Gasteiger partial charge on any atom is -0.394 e. The summed E-state index contributed by atoms with van der Waals surface area (Å²) in [4.78, 5) is 11.7. The van der Waals surface area contributed by atoms with Gasteiger partial charge in [-0.05, 0) is 18.9 Å². The Morgan fingerprint density at radius 3 is 3.00 bits per heavy atom. The van der Waals surface area contributed by atoms with Crippen molar-refractivity contribution in [2.45, 2.75) is 19.4 Å². The molecular formula is C12H17NO3. The lowest BCUT2D eigenvalue weighted by molar-refractivity contribution is 0.0869. The number of nitrogens with zero attached hydrogens (tertiary/aromatic N) is 1. The smallest absolute Gasteiger partial charge is 0.167 e. The molecule has 1 aromatic heterocycles. The SMILES string of the molecule is O=C(c1ccn(CCOCCO)c1)C1CC1. The molecule has 4 nitrogen and oxygen atoms in total. The third kappa shape index (κ3) is 2.93. The number of carbonyl (C=O) groups is 1. The maximum absolute atomic E-state index is 11.7. The molecule has 1 aromatic rings. The second kappa shape index (κ2) is 5.27. The van der Waals surface area contributed by atoms with Crippen molar-refractivity contribution in [2.24, 2.45) is 5.92 Å². The average molecular weight is 223 g/mol. The summed E-state index contributed by atoms with van der Waals surface area (Å²) in [6.07, 6.45) is 5.87. The molecule has 1 aliphatic carbocycles. The van der Waals surface area contributed by atoms with Crippen LogP contribution in [0.2, 0.25) is 0 Å². The van der Waals surface area contributed by atoms with Gasteiger partial charge in [0.25, 0.3) is 0 Å². The van der Waals surface area contributed by atoms with Crippen LogP contribution >= 0.6 is 0 Å². The van der Waals surface area contributed by atoms with Crippen molar-refractivity contribution < 1.29 is 14.6 Å². The van der Waals surface area contributed by atoms with Crippen molar-refractivity contribution in [3.8, 4) is 0 Å². The summed E-state index contributed by atoms with van der Waals surface area (Å²) in [5, 5.41) is 8.53. The van der Waals surface area contributed by atoms with Gasteiger partial charge in [-0.1, -0.05) is 0 Å². The van der Waals surface area contributed by atoms with Gasteiger partial charge >= 0.3 is 0 Å². The minimum absolute atomic E-state index is 0.0527. The summed E-state index contributed by atoms with van der Waals surface area (Å²) in [6, 6.07) is 1.87. The Morgan fingerprint density at radius 2 is 2.31 bits per heavy atom. The monoisotopic (exact) mass is 223 g/mol. The highest BCUT2D eigenvalue weighted by molar-refractivity contribution is 5.99. The van der Waals surface area contributed by atoms with Gasteiger partial charge in [0.2, 0.25) is 0 Å². The van der Waals surface area contributed by atoms with Gasteiger partial charge in [-0.2, -0.15) is 0 Å². The summed E-state index contributed by atoms with van der Waals surface area (Å²) in [7, 11) is 0. The van der Waals surface area contributed by atoms with Crippen molar-refractivity contribution in [3.05, 3.63) is 24.0 Å². The Hall–Kier alpha value is -1.13. The molecule has 0 unspecified atom stereocenters. The van der Waals surface area contributed by atoms with E-state index < -0.39 is 0 Å². The van der Waals surface area contributed by atoms with E-state index in [1.807, 2.05) is 23.0 Å². The van der Waals surface area contributed by atoms with Crippen LogP contribution in [0.3, 0.4) is 0 Å². The first kappa shape index (κ1) is 11.4. The number of rotatable bonds is 7. The number of hydrogen-bond acceptors (Lipinski definition) is 3. The molecule has 1 N–H and O–H groups in total. The quantitative estimate of drug-likeness (QED) is 0.556. The second-order valence-corrected chi connectivity index (χ2v) is 4.11. The fourth-order valence-electron chi connectivity index (χ4n) is 1.64. The van der Waals surface area contributed by atoms with Crippen molar-refractivity contribution in [1.29, 1.82) is 0 Å². The van der Waals surface area contributed by atoms with Crippen molar-refractivity contribution >= 4 is 5.78 Å². The Labute approximate surface area is 94.8 Å². The third-order valence-electron chi connectivity index (χ3n) is 2.71. The van der Waals surface area contributed by atoms with Gasteiger partial charge in [-0.15, -0.1) is 0 Å². The lowest BCUT2D eigenvalue weighted by Crippen LogP contribution is -2.07. The predicted octanol–water partition coefficient (Wildman–Crippen LogP) is 1.09. The number of hydrogen-bond donors (Lipinski definition) is 1. The maximum Gasteiger partial charge on any atom is 0.167 e. The summed E-state index contributed by atoms with van der Waals surface area (Å²) < 4.78 is 7.11. The molecule has 0 radical (unpaired) electrons. The van der Waals surface area contributed by atoms with E-state index in [4.69, 9.17) is 9.84 Å². The molecule has 4 heteroatoms. The normalized spacial score (nSPS) is 15.3. The van der Waals surface area contributed by atoms with E-state index in [0.29, 0.717) is 13.2 Å². The molecule has 0 amide bonds. The standard InChI is InChI=1S/C12H17NO3/c14-6-8-16-7-5-13-4-3-11(9-13)12(15)10-1-2-10/h3-4,9-10,14H,1-2,5-8H2. The van der Waals surface area contributed by atoms with Gasteiger partial charge in [-0.3, -0.25) is 4.79 Å². The average Bonchev–Trinajstić information content (AvgIpc) is 3.03.